The molecule has 0 bridgehead atoms. The first-order valence-corrected chi connectivity index (χ1v) is 8.05. The van der Waals surface area contributed by atoms with Crippen molar-refractivity contribution in [2.45, 2.75) is 20.4 Å². The minimum Gasteiger partial charge on any atom is -0.339 e. The molecule has 0 aliphatic carbocycles. The lowest BCUT2D eigenvalue weighted by atomic mass is 10.1. The third-order valence-corrected chi connectivity index (χ3v) is 4.64. The molecule has 5 heteroatoms. The molecule has 0 saturated carbocycles. The summed E-state index contributed by atoms with van der Waals surface area (Å²) in [5.41, 5.74) is 5.56. The molecular weight excluding hydrogens is 308 g/mol. The second-order valence-electron chi connectivity index (χ2n) is 5.73. The van der Waals surface area contributed by atoms with Gasteiger partial charge in [0.05, 0.1) is 22.4 Å². The summed E-state index contributed by atoms with van der Waals surface area (Å²) in [4.78, 5) is 4.47. The minimum atomic E-state index is 0.735. The van der Waals surface area contributed by atoms with E-state index in [4.69, 9.17) is 11.6 Å². The molecule has 4 aromatic rings. The van der Waals surface area contributed by atoms with E-state index in [1.54, 1.807) is 0 Å². The summed E-state index contributed by atoms with van der Waals surface area (Å²) < 4.78 is 4.21. The van der Waals surface area contributed by atoms with Crippen molar-refractivity contribution in [1.82, 2.24) is 19.3 Å². The van der Waals surface area contributed by atoms with E-state index in [9.17, 15) is 0 Å². The van der Waals surface area contributed by atoms with Gasteiger partial charge in [-0.3, -0.25) is 9.67 Å². The van der Waals surface area contributed by atoms with Gasteiger partial charge in [0.25, 0.3) is 0 Å². The Balaban J connectivity index is 2.27. The number of rotatable bonds is 2. The molecule has 4 nitrogen and oxygen atoms in total. The molecule has 0 aliphatic rings. The maximum absolute atomic E-state index is 6.43. The zero-order valence-corrected chi connectivity index (χ0v) is 14.1. The van der Waals surface area contributed by atoms with Gasteiger partial charge in [0.1, 0.15) is 0 Å². The normalized spacial score (nSPS) is 11.7. The Bertz CT molecular complexity index is 1040. The van der Waals surface area contributed by atoms with Crippen LogP contribution in [-0.4, -0.2) is 19.3 Å². The third-order valence-electron chi connectivity index (χ3n) is 4.43. The lowest BCUT2D eigenvalue weighted by Gasteiger charge is -2.10. The van der Waals surface area contributed by atoms with Crippen molar-refractivity contribution in [3.05, 3.63) is 47.4 Å². The second-order valence-corrected chi connectivity index (χ2v) is 6.16. The number of fused-ring (bicyclic) bond motifs is 3. The largest absolute Gasteiger partial charge is 0.339 e. The first kappa shape index (κ1) is 14.3. The molecule has 0 aliphatic heterocycles. The van der Waals surface area contributed by atoms with Crippen LogP contribution >= 0.6 is 11.6 Å². The van der Waals surface area contributed by atoms with Crippen molar-refractivity contribution < 1.29 is 0 Å². The Kier molecular flexibility index (Phi) is 3.16. The summed E-state index contributed by atoms with van der Waals surface area (Å²) in [5, 5.41) is 7.40. The number of benzene rings is 1. The van der Waals surface area contributed by atoms with E-state index in [2.05, 4.69) is 34.6 Å². The number of halogens is 1. The molecular formula is C18H17ClN4. The summed E-state index contributed by atoms with van der Waals surface area (Å²) in [6.45, 7) is 5.09. The average molecular weight is 325 g/mol. The topological polar surface area (TPSA) is 35.6 Å². The van der Waals surface area contributed by atoms with E-state index in [-0.39, 0.29) is 0 Å². The summed E-state index contributed by atoms with van der Waals surface area (Å²) in [5.74, 6) is 0. The third kappa shape index (κ3) is 1.98. The molecule has 0 amide bonds. The van der Waals surface area contributed by atoms with Gasteiger partial charge in [-0.15, -0.1) is 0 Å². The van der Waals surface area contributed by atoms with Gasteiger partial charge in [-0.25, -0.2) is 0 Å². The molecule has 0 unspecified atom stereocenters. The summed E-state index contributed by atoms with van der Waals surface area (Å²) in [6.07, 6.45) is 3.68. The van der Waals surface area contributed by atoms with Crippen molar-refractivity contribution in [1.29, 1.82) is 0 Å². The van der Waals surface area contributed by atoms with Crippen LogP contribution in [0.4, 0.5) is 0 Å². The van der Waals surface area contributed by atoms with Crippen molar-refractivity contribution in [2.75, 3.05) is 0 Å². The molecule has 0 atom stereocenters. The van der Waals surface area contributed by atoms with Crippen molar-refractivity contribution in [2.24, 2.45) is 7.05 Å². The van der Waals surface area contributed by atoms with Crippen LogP contribution in [0.15, 0.2) is 36.7 Å². The fourth-order valence-electron chi connectivity index (χ4n) is 3.47. The molecule has 1 aromatic carbocycles. The number of pyridine rings is 1. The molecule has 0 fully saturated rings. The van der Waals surface area contributed by atoms with Gasteiger partial charge in [-0.05, 0) is 38.1 Å². The number of hydrogen-bond donors (Lipinski definition) is 0. The molecule has 4 rings (SSSR count). The van der Waals surface area contributed by atoms with E-state index in [0.717, 1.165) is 33.9 Å². The number of aromatic nitrogens is 4. The van der Waals surface area contributed by atoms with Gasteiger partial charge < -0.3 is 4.57 Å². The van der Waals surface area contributed by atoms with Crippen LogP contribution < -0.4 is 0 Å². The molecule has 0 saturated heterocycles. The monoisotopic (exact) mass is 324 g/mol. The highest BCUT2D eigenvalue weighted by Gasteiger charge is 2.18. The standard InChI is InChI=1S/C18H17ClN4/c1-4-23-17-11(2)20-7-5-13(17)14-9-12(19)10-15(18(14)23)16-6-8-21-22(16)3/h5-10H,4H2,1-3H3. The zero-order valence-electron chi connectivity index (χ0n) is 13.3. The lowest BCUT2D eigenvalue weighted by Crippen LogP contribution is -1.99. The quantitative estimate of drug-likeness (QED) is 0.541. The molecule has 116 valence electrons. The fraction of sp³-hybridized carbons (Fsp3) is 0.222. The maximum atomic E-state index is 6.43. The summed E-state index contributed by atoms with van der Waals surface area (Å²) in [6, 6.07) is 8.16. The van der Waals surface area contributed by atoms with Crippen molar-refractivity contribution >= 4 is 33.4 Å². The van der Waals surface area contributed by atoms with Gasteiger partial charge in [-0.2, -0.15) is 5.10 Å². The highest BCUT2D eigenvalue weighted by molar-refractivity contribution is 6.32. The van der Waals surface area contributed by atoms with E-state index in [1.165, 1.54) is 16.4 Å². The number of aryl methyl sites for hydroxylation is 3. The number of hydrogen-bond acceptors (Lipinski definition) is 2. The second kappa shape index (κ2) is 5.10. The zero-order chi connectivity index (χ0) is 16.1. The SMILES string of the molecule is CCn1c2c(-c3ccnn3C)cc(Cl)cc2c2ccnc(C)c21. The molecule has 3 aromatic heterocycles. The summed E-state index contributed by atoms with van der Waals surface area (Å²) >= 11 is 6.43. The highest BCUT2D eigenvalue weighted by Crippen LogP contribution is 2.38. The average Bonchev–Trinajstić information content (AvgIpc) is 3.09. The minimum absolute atomic E-state index is 0.735. The lowest BCUT2D eigenvalue weighted by molar-refractivity contribution is 0.774. The van der Waals surface area contributed by atoms with E-state index in [0.29, 0.717) is 0 Å². The Morgan fingerprint density at radius 1 is 1.09 bits per heavy atom. The molecule has 0 radical (unpaired) electrons. The Labute approximate surface area is 139 Å². The van der Waals surface area contributed by atoms with Crippen LogP contribution in [-0.2, 0) is 13.6 Å². The van der Waals surface area contributed by atoms with Crippen LogP contribution in [0.25, 0.3) is 33.1 Å². The maximum Gasteiger partial charge on any atom is 0.0707 e. The predicted molar refractivity (Wildman–Crippen MR) is 94.9 cm³/mol. The van der Waals surface area contributed by atoms with Gasteiger partial charge >= 0.3 is 0 Å². The predicted octanol–water partition coefficient (Wildman–Crippen LogP) is 4.57. The van der Waals surface area contributed by atoms with Crippen LogP contribution in [0.1, 0.15) is 12.6 Å². The van der Waals surface area contributed by atoms with Gasteiger partial charge in [0, 0.05) is 47.3 Å². The van der Waals surface area contributed by atoms with Crippen LogP contribution in [0.5, 0.6) is 0 Å². The smallest absolute Gasteiger partial charge is 0.0707 e. The number of nitrogens with zero attached hydrogens (tertiary/aromatic N) is 4. The Morgan fingerprint density at radius 3 is 2.61 bits per heavy atom. The molecule has 23 heavy (non-hydrogen) atoms. The van der Waals surface area contributed by atoms with Gasteiger partial charge in [-0.1, -0.05) is 11.6 Å². The van der Waals surface area contributed by atoms with E-state index < -0.39 is 0 Å². The summed E-state index contributed by atoms with van der Waals surface area (Å²) in [7, 11) is 1.95. The first-order chi connectivity index (χ1) is 11.1. The van der Waals surface area contributed by atoms with Crippen LogP contribution in [0.2, 0.25) is 5.02 Å². The van der Waals surface area contributed by atoms with E-state index >= 15 is 0 Å². The van der Waals surface area contributed by atoms with Gasteiger partial charge in [0.15, 0.2) is 0 Å². The highest BCUT2D eigenvalue weighted by atomic mass is 35.5. The van der Waals surface area contributed by atoms with E-state index in [1.807, 2.05) is 42.3 Å². The molecule has 0 N–H and O–H groups in total. The molecule has 0 spiro atoms. The van der Waals surface area contributed by atoms with Crippen LogP contribution in [0.3, 0.4) is 0 Å². The Morgan fingerprint density at radius 2 is 1.91 bits per heavy atom. The van der Waals surface area contributed by atoms with Gasteiger partial charge in [0.2, 0.25) is 0 Å². The van der Waals surface area contributed by atoms with Crippen molar-refractivity contribution in [3.8, 4) is 11.3 Å². The van der Waals surface area contributed by atoms with Crippen LogP contribution in [0, 0.1) is 6.92 Å². The fourth-order valence-corrected chi connectivity index (χ4v) is 3.69. The Hall–Kier alpha value is -2.33. The first-order valence-electron chi connectivity index (χ1n) is 7.67. The molecule has 3 heterocycles. The van der Waals surface area contributed by atoms with Crippen molar-refractivity contribution in [3.63, 3.8) is 0 Å².